The number of aromatic hydroxyl groups is 1. The number of aromatic nitrogens is 2. The molecule has 0 bridgehead atoms. The molecule has 2 aromatic rings. The maximum absolute atomic E-state index is 11.8. The summed E-state index contributed by atoms with van der Waals surface area (Å²) < 4.78 is 0. The summed E-state index contributed by atoms with van der Waals surface area (Å²) in [4.78, 5) is 19.6. The first kappa shape index (κ1) is 11.1. The van der Waals surface area contributed by atoms with Crippen molar-refractivity contribution in [3.8, 4) is 5.75 Å². The largest absolute Gasteiger partial charge is 0.507 e. The normalized spacial score (nSPS) is 9.94. The van der Waals surface area contributed by atoms with Crippen molar-refractivity contribution in [1.29, 1.82) is 0 Å². The van der Waals surface area contributed by atoms with Gasteiger partial charge in [-0.3, -0.25) is 10.1 Å². The van der Waals surface area contributed by atoms with Crippen LogP contribution in [-0.4, -0.2) is 21.0 Å². The van der Waals surface area contributed by atoms with Gasteiger partial charge in [-0.25, -0.2) is 9.97 Å². The predicted octanol–water partition coefficient (Wildman–Crippen LogP) is 1.74. The lowest BCUT2D eigenvalue weighted by Gasteiger charge is -2.06. The molecular formula is C12H11N3O2. The summed E-state index contributed by atoms with van der Waals surface area (Å²) in [6.45, 7) is 1.73. The van der Waals surface area contributed by atoms with Crippen LogP contribution in [0.1, 0.15) is 15.9 Å². The van der Waals surface area contributed by atoms with Gasteiger partial charge in [-0.1, -0.05) is 12.1 Å². The van der Waals surface area contributed by atoms with Gasteiger partial charge in [-0.05, 0) is 24.6 Å². The number of nitrogens with one attached hydrogen (secondary N) is 1. The molecule has 0 aliphatic heterocycles. The summed E-state index contributed by atoms with van der Waals surface area (Å²) in [6, 6.07) is 6.63. The SMILES string of the molecule is Cc1cccc(C(=O)Nc2ncccn2)c1O. The third kappa shape index (κ3) is 2.39. The highest BCUT2D eigenvalue weighted by Gasteiger charge is 2.13. The Balaban J connectivity index is 2.24. The fourth-order valence-electron chi connectivity index (χ4n) is 1.37. The Hall–Kier alpha value is -2.43. The van der Waals surface area contributed by atoms with Crippen molar-refractivity contribution in [3.63, 3.8) is 0 Å². The van der Waals surface area contributed by atoms with Crippen LogP contribution in [0.3, 0.4) is 0 Å². The molecule has 0 aliphatic rings. The molecule has 17 heavy (non-hydrogen) atoms. The Bertz CT molecular complexity index is 541. The maximum atomic E-state index is 11.8. The van der Waals surface area contributed by atoms with Crippen LogP contribution in [0, 0.1) is 6.92 Å². The highest BCUT2D eigenvalue weighted by molar-refractivity contribution is 6.05. The second kappa shape index (κ2) is 4.61. The maximum Gasteiger partial charge on any atom is 0.261 e. The van der Waals surface area contributed by atoms with Gasteiger partial charge in [0.05, 0.1) is 5.56 Å². The molecule has 0 aliphatic carbocycles. The van der Waals surface area contributed by atoms with Crippen LogP contribution in [0.25, 0.3) is 0 Å². The highest BCUT2D eigenvalue weighted by atomic mass is 16.3. The van der Waals surface area contributed by atoms with E-state index in [1.807, 2.05) is 0 Å². The lowest BCUT2D eigenvalue weighted by molar-refractivity contribution is 0.102. The third-order valence-electron chi connectivity index (χ3n) is 2.27. The topological polar surface area (TPSA) is 75.1 Å². The Kier molecular flexibility index (Phi) is 3.00. The van der Waals surface area contributed by atoms with Crippen molar-refractivity contribution >= 4 is 11.9 Å². The minimum Gasteiger partial charge on any atom is -0.507 e. The van der Waals surface area contributed by atoms with Gasteiger partial charge in [0, 0.05) is 12.4 Å². The van der Waals surface area contributed by atoms with E-state index in [-0.39, 0.29) is 17.3 Å². The molecule has 1 heterocycles. The van der Waals surface area contributed by atoms with Crippen LogP contribution >= 0.6 is 0 Å². The number of phenols is 1. The summed E-state index contributed by atoms with van der Waals surface area (Å²) in [5, 5.41) is 12.2. The van der Waals surface area contributed by atoms with Crippen molar-refractivity contribution < 1.29 is 9.90 Å². The molecule has 5 nitrogen and oxygen atoms in total. The lowest BCUT2D eigenvalue weighted by Crippen LogP contribution is -2.14. The van der Waals surface area contributed by atoms with Crippen molar-refractivity contribution in [3.05, 3.63) is 47.8 Å². The average molecular weight is 229 g/mol. The fraction of sp³-hybridized carbons (Fsp3) is 0.0833. The molecular weight excluding hydrogens is 218 g/mol. The second-order valence-electron chi connectivity index (χ2n) is 3.50. The molecule has 1 amide bonds. The molecule has 2 N–H and O–H groups in total. The molecule has 1 aromatic heterocycles. The van der Waals surface area contributed by atoms with E-state index in [1.165, 1.54) is 12.4 Å². The Morgan fingerprint density at radius 3 is 2.65 bits per heavy atom. The van der Waals surface area contributed by atoms with Crippen LogP contribution in [-0.2, 0) is 0 Å². The van der Waals surface area contributed by atoms with Crippen LogP contribution < -0.4 is 5.32 Å². The zero-order valence-electron chi connectivity index (χ0n) is 9.21. The number of carbonyl (C=O) groups excluding carboxylic acids is 1. The molecule has 2 rings (SSSR count). The van der Waals surface area contributed by atoms with Gasteiger partial charge >= 0.3 is 0 Å². The van der Waals surface area contributed by atoms with E-state index in [2.05, 4.69) is 15.3 Å². The number of amides is 1. The Morgan fingerprint density at radius 2 is 1.94 bits per heavy atom. The number of hydrogen-bond acceptors (Lipinski definition) is 4. The standard InChI is InChI=1S/C12H11N3O2/c1-8-4-2-5-9(10(8)16)11(17)15-12-13-6-3-7-14-12/h2-7,16H,1H3,(H,13,14,15,17). The first-order valence-electron chi connectivity index (χ1n) is 5.05. The van der Waals surface area contributed by atoms with E-state index in [0.29, 0.717) is 5.56 Å². The number of anilines is 1. The van der Waals surface area contributed by atoms with Crippen molar-refractivity contribution in [1.82, 2.24) is 9.97 Å². The summed E-state index contributed by atoms with van der Waals surface area (Å²) in [6.07, 6.45) is 3.05. The van der Waals surface area contributed by atoms with Crippen LogP contribution in [0.15, 0.2) is 36.7 Å². The predicted molar refractivity (Wildman–Crippen MR) is 62.8 cm³/mol. The second-order valence-corrected chi connectivity index (χ2v) is 3.50. The van der Waals surface area contributed by atoms with Gasteiger partial charge in [0.2, 0.25) is 5.95 Å². The van der Waals surface area contributed by atoms with Crippen molar-refractivity contribution in [2.75, 3.05) is 5.32 Å². The number of benzene rings is 1. The van der Waals surface area contributed by atoms with Crippen molar-refractivity contribution in [2.45, 2.75) is 6.92 Å². The van der Waals surface area contributed by atoms with Crippen molar-refractivity contribution in [2.24, 2.45) is 0 Å². The first-order valence-corrected chi connectivity index (χ1v) is 5.05. The minimum absolute atomic E-state index is 0.0269. The molecule has 0 saturated carbocycles. The third-order valence-corrected chi connectivity index (χ3v) is 2.27. The van der Waals surface area contributed by atoms with E-state index in [4.69, 9.17) is 0 Å². The van der Waals surface area contributed by atoms with Gasteiger partial charge in [-0.15, -0.1) is 0 Å². The number of para-hydroxylation sites is 1. The van der Waals surface area contributed by atoms with Gasteiger partial charge in [-0.2, -0.15) is 0 Å². The summed E-state index contributed by atoms with van der Waals surface area (Å²) in [5.41, 5.74) is 0.851. The van der Waals surface area contributed by atoms with E-state index in [0.717, 1.165) is 0 Å². The van der Waals surface area contributed by atoms with Gasteiger partial charge in [0.25, 0.3) is 5.91 Å². The summed E-state index contributed by atoms with van der Waals surface area (Å²) in [5.74, 6) is -0.253. The van der Waals surface area contributed by atoms with Gasteiger partial charge in [0.15, 0.2) is 0 Å². The number of hydrogen-bond donors (Lipinski definition) is 2. The molecule has 0 fully saturated rings. The zero-order valence-corrected chi connectivity index (χ0v) is 9.21. The Labute approximate surface area is 98.2 Å². The number of carbonyl (C=O) groups is 1. The van der Waals surface area contributed by atoms with Gasteiger partial charge in [0.1, 0.15) is 5.75 Å². The molecule has 0 unspecified atom stereocenters. The molecule has 0 radical (unpaired) electrons. The molecule has 86 valence electrons. The van der Waals surface area contributed by atoms with E-state index < -0.39 is 5.91 Å². The summed E-state index contributed by atoms with van der Waals surface area (Å²) in [7, 11) is 0. The number of rotatable bonds is 2. The van der Waals surface area contributed by atoms with Crippen LogP contribution in [0.5, 0.6) is 5.75 Å². The molecule has 0 atom stereocenters. The monoisotopic (exact) mass is 229 g/mol. The summed E-state index contributed by atoms with van der Waals surface area (Å²) >= 11 is 0. The van der Waals surface area contributed by atoms with Gasteiger partial charge < -0.3 is 5.11 Å². The highest BCUT2D eigenvalue weighted by Crippen LogP contribution is 2.21. The number of aryl methyl sites for hydroxylation is 1. The van der Waals surface area contributed by atoms with Crippen LogP contribution in [0.4, 0.5) is 5.95 Å². The average Bonchev–Trinajstić information content (AvgIpc) is 2.34. The zero-order chi connectivity index (χ0) is 12.3. The molecule has 0 saturated heterocycles. The quantitative estimate of drug-likeness (QED) is 0.822. The van der Waals surface area contributed by atoms with E-state index in [9.17, 15) is 9.90 Å². The molecule has 1 aromatic carbocycles. The van der Waals surface area contributed by atoms with Crippen LogP contribution in [0.2, 0.25) is 0 Å². The fourth-order valence-corrected chi connectivity index (χ4v) is 1.37. The van der Waals surface area contributed by atoms with E-state index >= 15 is 0 Å². The Morgan fingerprint density at radius 1 is 1.24 bits per heavy atom. The number of phenolic OH excluding ortho intramolecular Hbond substituents is 1. The molecule has 5 heteroatoms. The minimum atomic E-state index is -0.433. The first-order chi connectivity index (χ1) is 8.18. The molecule has 0 spiro atoms. The number of nitrogens with zero attached hydrogens (tertiary/aromatic N) is 2. The van der Waals surface area contributed by atoms with E-state index in [1.54, 1.807) is 31.2 Å². The smallest absolute Gasteiger partial charge is 0.261 e. The lowest BCUT2D eigenvalue weighted by atomic mass is 10.1.